The van der Waals surface area contributed by atoms with Crippen LogP contribution >= 0.6 is 0 Å². The van der Waals surface area contributed by atoms with E-state index in [4.69, 9.17) is 25.1 Å². The van der Waals surface area contributed by atoms with Crippen LogP contribution in [0, 0.1) is 5.82 Å². The number of aromatic nitrogens is 2. The molecule has 13 heteroatoms. The van der Waals surface area contributed by atoms with Crippen LogP contribution in [0.5, 0.6) is 11.5 Å². The van der Waals surface area contributed by atoms with E-state index >= 15 is 0 Å². The van der Waals surface area contributed by atoms with Crippen LogP contribution < -0.4 is 20.5 Å². The summed E-state index contributed by atoms with van der Waals surface area (Å²) in [6.45, 7) is 3.51. The van der Waals surface area contributed by atoms with Gasteiger partial charge in [-0.05, 0) is 74.0 Å². The minimum Gasteiger partial charge on any atom is -0.497 e. The number of rotatable bonds is 8. The van der Waals surface area contributed by atoms with E-state index in [1.807, 2.05) is 49.4 Å². The molecule has 218 valence electrons. The number of halogens is 4. The number of ether oxygens (including phenoxy) is 2. The van der Waals surface area contributed by atoms with Crippen LogP contribution in [0.25, 0.3) is 16.6 Å². The Kier molecular flexibility index (Phi) is 9.90. The topological polar surface area (TPSA) is 129 Å². The molecule has 0 saturated heterocycles. The molecule has 0 fully saturated rings. The van der Waals surface area contributed by atoms with Gasteiger partial charge in [0.1, 0.15) is 23.4 Å². The Morgan fingerprint density at radius 2 is 1.68 bits per heavy atom. The average molecular weight is 577 g/mol. The molecule has 3 atom stereocenters. The first-order valence-electron chi connectivity index (χ1n) is 12.2. The van der Waals surface area contributed by atoms with Crippen LogP contribution in [0.4, 0.5) is 17.6 Å². The van der Waals surface area contributed by atoms with Crippen LogP contribution in [0.2, 0.25) is 0 Å². The van der Waals surface area contributed by atoms with Gasteiger partial charge in [-0.1, -0.05) is 12.1 Å². The van der Waals surface area contributed by atoms with Gasteiger partial charge >= 0.3 is 12.1 Å². The second-order valence-corrected chi connectivity index (χ2v) is 8.96. The quantitative estimate of drug-likeness (QED) is 0.258. The Balaban J connectivity index is 0.000000587. The lowest BCUT2D eigenvalue weighted by Gasteiger charge is -2.27. The molecular formula is C28H28F4N4O5. The van der Waals surface area contributed by atoms with Crippen molar-refractivity contribution in [3.63, 3.8) is 0 Å². The Bertz CT molecular complexity index is 1490. The van der Waals surface area contributed by atoms with Crippen molar-refractivity contribution in [3.05, 3.63) is 84.3 Å². The Hall–Kier alpha value is -4.65. The Morgan fingerprint density at radius 3 is 2.27 bits per heavy atom. The number of carbonyl (C=O) groups excluding carboxylic acids is 1. The Labute approximate surface area is 232 Å². The predicted molar refractivity (Wildman–Crippen MR) is 142 cm³/mol. The summed E-state index contributed by atoms with van der Waals surface area (Å²) >= 11 is 0. The van der Waals surface area contributed by atoms with E-state index in [0.717, 1.165) is 22.2 Å². The molecule has 4 aromatic rings. The number of amides is 1. The molecule has 0 saturated carbocycles. The highest BCUT2D eigenvalue weighted by Crippen LogP contribution is 2.30. The van der Waals surface area contributed by atoms with Crippen molar-refractivity contribution in [3.8, 4) is 17.2 Å². The zero-order chi connectivity index (χ0) is 30.3. The fraction of sp³-hybridized carbons (Fsp3) is 0.250. The SMILES string of the molecule is COc1cccc([C@@H](Oc2ccc3c(cnn3-c3ccc(F)cc3)c2)[C@H](C)NC(=O)[C@@H](C)N)c1.O=C(O)C(F)(F)F. The van der Waals surface area contributed by atoms with Gasteiger partial charge < -0.3 is 25.6 Å². The highest BCUT2D eigenvalue weighted by Gasteiger charge is 2.38. The van der Waals surface area contributed by atoms with E-state index in [0.29, 0.717) is 11.5 Å². The normalized spacial score (nSPS) is 13.4. The summed E-state index contributed by atoms with van der Waals surface area (Å²) in [7, 11) is 1.60. The van der Waals surface area contributed by atoms with Crippen molar-refractivity contribution >= 4 is 22.8 Å². The van der Waals surface area contributed by atoms with Crippen molar-refractivity contribution in [1.29, 1.82) is 0 Å². The molecule has 9 nitrogen and oxygen atoms in total. The third-order valence-corrected chi connectivity index (χ3v) is 5.78. The number of hydrogen-bond acceptors (Lipinski definition) is 6. The van der Waals surface area contributed by atoms with E-state index < -0.39 is 24.3 Å². The third-order valence-electron chi connectivity index (χ3n) is 5.78. The summed E-state index contributed by atoms with van der Waals surface area (Å²) in [5.74, 6) is -2.02. The van der Waals surface area contributed by atoms with Crippen molar-refractivity contribution in [2.45, 2.75) is 38.2 Å². The van der Waals surface area contributed by atoms with E-state index in [1.165, 1.54) is 12.1 Å². The van der Waals surface area contributed by atoms with E-state index in [2.05, 4.69) is 10.4 Å². The lowest BCUT2D eigenvalue weighted by Crippen LogP contribution is -2.46. The van der Waals surface area contributed by atoms with Gasteiger partial charge in [-0.25, -0.2) is 13.9 Å². The zero-order valence-corrected chi connectivity index (χ0v) is 22.2. The zero-order valence-electron chi connectivity index (χ0n) is 22.2. The monoisotopic (exact) mass is 576 g/mol. The molecule has 1 heterocycles. The second-order valence-electron chi connectivity index (χ2n) is 8.96. The molecule has 0 radical (unpaired) electrons. The molecule has 0 spiro atoms. The Morgan fingerprint density at radius 1 is 1.02 bits per heavy atom. The van der Waals surface area contributed by atoms with Gasteiger partial charge in [-0.15, -0.1) is 0 Å². The summed E-state index contributed by atoms with van der Waals surface area (Å²) in [4.78, 5) is 21.1. The molecule has 4 N–H and O–H groups in total. The van der Waals surface area contributed by atoms with Gasteiger partial charge in [-0.2, -0.15) is 18.3 Å². The first-order valence-corrected chi connectivity index (χ1v) is 12.2. The number of alkyl halides is 3. The summed E-state index contributed by atoms with van der Waals surface area (Å²) in [6.07, 6.45) is -3.85. The predicted octanol–water partition coefficient (Wildman–Crippen LogP) is 4.78. The van der Waals surface area contributed by atoms with Crippen LogP contribution in [-0.2, 0) is 9.59 Å². The maximum atomic E-state index is 13.3. The molecule has 4 rings (SSSR count). The first-order chi connectivity index (χ1) is 19.3. The van der Waals surface area contributed by atoms with Gasteiger partial charge in [0.2, 0.25) is 5.91 Å². The fourth-order valence-electron chi connectivity index (χ4n) is 3.73. The number of hydrogen-bond donors (Lipinski definition) is 3. The number of benzene rings is 3. The van der Waals surface area contributed by atoms with Crippen molar-refractivity contribution in [2.75, 3.05) is 7.11 Å². The maximum Gasteiger partial charge on any atom is 0.490 e. The maximum absolute atomic E-state index is 13.3. The standard InChI is InChI=1S/C26H27FN4O3.C2HF3O2/c1-16(28)26(32)30-17(2)25(18-5-4-6-22(13-18)33-3)34-23-11-12-24-19(14-23)15-29-31(24)21-9-7-20(27)8-10-21;3-2(4,5)1(6)7/h4-17,25H,28H2,1-3H3,(H,30,32);(H,6,7)/t16-,17+,25+;/m1./s1. The summed E-state index contributed by atoms with van der Waals surface area (Å²) in [6, 6.07) is 18.3. The largest absolute Gasteiger partial charge is 0.497 e. The second kappa shape index (κ2) is 13.1. The molecule has 0 aliphatic carbocycles. The highest BCUT2D eigenvalue weighted by atomic mass is 19.4. The number of methoxy groups -OCH3 is 1. The van der Waals surface area contributed by atoms with Crippen LogP contribution in [0.1, 0.15) is 25.5 Å². The lowest BCUT2D eigenvalue weighted by atomic mass is 10.0. The number of carbonyl (C=O) groups is 2. The lowest BCUT2D eigenvalue weighted by molar-refractivity contribution is -0.192. The minimum atomic E-state index is -5.08. The van der Waals surface area contributed by atoms with Crippen molar-refractivity contribution < 1.29 is 41.7 Å². The van der Waals surface area contributed by atoms with Crippen LogP contribution in [0.3, 0.4) is 0 Å². The molecule has 0 aliphatic heterocycles. The average Bonchev–Trinajstić information content (AvgIpc) is 3.35. The van der Waals surface area contributed by atoms with Gasteiger partial charge in [0, 0.05) is 5.39 Å². The summed E-state index contributed by atoms with van der Waals surface area (Å²) < 4.78 is 58.5. The molecule has 3 aromatic carbocycles. The van der Waals surface area contributed by atoms with Crippen LogP contribution in [-0.4, -0.2) is 52.1 Å². The minimum absolute atomic E-state index is 0.264. The van der Waals surface area contributed by atoms with Gasteiger partial charge in [0.05, 0.1) is 36.6 Å². The smallest absolute Gasteiger partial charge is 0.490 e. The van der Waals surface area contributed by atoms with Crippen molar-refractivity contribution in [1.82, 2.24) is 15.1 Å². The molecular weight excluding hydrogens is 548 g/mol. The summed E-state index contributed by atoms with van der Waals surface area (Å²) in [5.41, 5.74) is 8.20. The van der Waals surface area contributed by atoms with E-state index in [9.17, 15) is 22.4 Å². The molecule has 1 aromatic heterocycles. The first kappa shape index (κ1) is 30.9. The molecule has 1 amide bonds. The van der Waals surface area contributed by atoms with Gasteiger partial charge in [-0.3, -0.25) is 4.79 Å². The molecule has 41 heavy (non-hydrogen) atoms. The van der Waals surface area contributed by atoms with E-state index in [1.54, 1.807) is 37.0 Å². The fourth-order valence-corrected chi connectivity index (χ4v) is 3.73. The van der Waals surface area contributed by atoms with E-state index in [-0.39, 0.29) is 17.8 Å². The number of nitrogens with one attached hydrogen (secondary N) is 1. The molecule has 0 unspecified atom stereocenters. The third kappa shape index (κ3) is 8.18. The highest BCUT2D eigenvalue weighted by molar-refractivity contribution is 5.82. The number of carboxylic acids is 1. The summed E-state index contributed by atoms with van der Waals surface area (Å²) in [5, 5.41) is 15.4. The number of fused-ring (bicyclic) bond motifs is 1. The van der Waals surface area contributed by atoms with Crippen LogP contribution in [0.15, 0.2) is 72.9 Å². The number of nitrogens with two attached hydrogens (primary N) is 1. The number of nitrogens with zero attached hydrogens (tertiary/aromatic N) is 2. The number of carboxylic acid groups (broad SMARTS) is 1. The van der Waals surface area contributed by atoms with Gasteiger partial charge in [0.15, 0.2) is 0 Å². The number of aliphatic carboxylic acids is 1. The molecule has 0 aliphatic rings. The molecule has 0 bridgehead atoms. The van der Waals surface area contributed by atoms with Gasteiger partial charge in [0.25, 0.3) is 0 Å². The van der Waals surface area contributed by atoms with Crippen molar-refractivity contribution in [2.24, 2.45) is 5.73 Å².